The molecule has 0 atom stereocenters. The molecule has 0 aromatic heterocycles. The van der Waals surface area contributed by atoms with E-state index in [4.69, 9.17) is 5.90 Å². The summed E-state index contributed by atoms with van der Waals surface area (Å²) < 4.78 is 0. The van der Waals surface area contributed by atoms with Gasteiger partial charge in [0.15, 0.2) is 0 Å². The minimum Gasteiger partial charge on any atom is -0.356 e. The highest BCUT2D eigenvalue weighted by Crippen LogP contribution is 2.01. The van der Waals surface area contributed by atoms with Crippen LogP contribution < -0.4 is 11.2 Å². The van der Waals surface area contributed by atoms with Gasteiger partial charge >= 0.3 is 0 Å². The number of aryl methyl sites for hydroxylation is 1. The topological polar surface area (TPSA) is 64.3 Å². The van der Waals surface area contributed by atoms with Crippen molar-refractivity contribution in [3.63, 3.8) is 0 Å². The molecule has 1 aromatic rings. The second kappa shape index (κ2) is 7.84. The third kappa shape index (κ3) is 5.48. The number of nitrogens with one attached hydrogen (secondary N) is 1. The summed E-state index contributed by atoms with van der Waals surface area (Å²) in [5.41, 5.74) is 1.18. The Morgan fingerprint density at radius 1 is 1.31 bits per heavy atom. The number of rotatable bonds is 7. The summed E-state index contributed by atoms with van der Waals surface area (Å²) in [6.45, 7) is 1.09. The molecule has 0 heterocycles. The smallest absolute Gasteiger partial charge is 0.220 e. The molecule has 1 amide bonds. The number of hydrogen-bond donors (Lipinski definition) is 2. The zero-order valence-corrected chi connectivity index (χ0v) is 9.32. The molecule has 3 N–H and O–H groups in total. The van der Waals surface area contributed by atoms with Gasteiger partial charge in [-0.2, -0.15) is 0 Å². The number of amides is 1. The summed E-state index contributed by atoms with van der Waals surface area (Å²) >= 11 is 0. The standard InChI is InChI=1S/C12H18N2O2/c13-16-10-4-9-14-12(15)8-7-11-5-2-1-3-6-11/h1-3,5-6H,4,7-10,13H2,(H,14,15). The lowest BCUT2D eigenvalue weighted by atomic mass is 10.1. The minimum atomic E-state index is 0.0703. The number of carbonyl (C=O) groups is 1. The van der Waals surface area contributed by atoms with Crippen LogP contribution in [0.1, 0.15) is 18.4 Å². The summed E-state index contributed by atoms with van der Waals surface area (Å²) in [4.78, 5) is 15.8. The quantitative estimate of drug-likeness (QED) is 0.534. The van der Waals surface area contributed by atoms with Gasteiger partial charge in [0.05, 0.1) is 6.61 Å². The average molecular weight is 222 g/mol. The molecule has 0 aliphatic heterocycles. The lowest BCUT2D eigenvalue weighted by Crippen LogP contribution is -2.25. The molecule has 0 radical (unpaired) electrons. The van der Waals surface area contributed by atoms with Gasteiger partial charge in [0.1, 0.15) is 0 Å². The van der Waals surface area contributed by atoms with Crippen LogP contribution in [-0.2, 0) is 16.1 Å². The highest BCUT2D eigenvalue weighted by molar-refractivity contribution is 5.76. The Morgan fingerprint density at radius 2 is 2.06 bits per heavy atom. The lowest BCUT2D eigenvalue weighted by molar-refractivity contribution is -0.121. The molecule has 0 saturated heterocycles. The minimum absolute atomic E-state index is 0.0703. The van der Waals surface area contributed by atoms with E-state index in [1.807, 2.05) is 30.3 Å². The molecule has 1 aromatic carbocycles. The Kier molecular flexibility index (Phi) is 6.22. The van der Waals surface area contributed by atoms with E-state index in [0.29, 0.717) is 19.6 Å². The van der Waals surface area contributed by atoms with Crippen LogP contribution in [0.5, 0.6) is 0 Å². The van der Waals surface area contributed by atoms with Crippen molar-refractivity contribution in [2.75, 3.05) is 13.2 Å². The first-order valence-corrected chi connectivity index (χ1v) is 5.45. The Hall–Kier alpha value is -1.39. The monoisotopic (exact) mass is 222 g/mol. The predicted molar refractivity (Wildman–Crippen MR) is 62.5 cm³/mol. The molecule has 0 saturated carbocycles. The van der Waals surface area contributed by atoms with Crippen LogP contribution in [-0.4, -0.2) is 19.1 Å². The first-order valence-electron chi connectivity index (χ1n) is 5.45. The van der Waals surface area contributed by atoms with Crippen LogP contribution in [0.4, 0.5) is 0 Å². The fourth-order valence-corrected chi connectivity index (χ4v) is 1.37. The maximum Gasteiger partial charge on any atom is 0.220 e. The van der Waals surface area contributed by atoms with Crippen molar-refractivity contribution in [3.05, 3.63) is 35.9 Å². The molecule has 1 rings (SSSR count). The van der Waals surface area contributed by atoms with Crippen LogP contribution >= 0.6 is 0 Å². The first-order chi connectivity index (χ1) is 7.83. The fraction of sp³-hybridized carbons (Fsp3) is 0.417. The molecule has 4 nitrogen and oxygen atoms in total. The zero-order chi connectivity index (χ0) is 11.6. The van der Waals surface area contributed by atoms with Crippen molar-refractivity contribution >= 4 is 5.91 Å². The van der Waals surface area contributed by atoms with Crippen molar-refractivity contribution in [1.82, 2.24) is 5.32 Å². The second-order valence-corrected chi connectivity index (χ2v) is 3.56. The summed E-state index contributed by atoms with van der Waals surface area (Å²) in [6.07, 6.45) is 2.04. The molecule has 0 aliphatic rings. The maximum atomic E-state index is 11.4. The highest BCUT2D eigenvalue weighted by Gasteiger charge is 2.00. The molecule has 0 bridgehead atoms. The Labute approximate surface area is 95.7 Å². The summed E-state index contributed by atoms with van der Waals surface area (Å²) in [7, 11) is 0. The number of nitrogens with two attached hydrogens (primary N) is 1. The van der Waals surface area contributed by atoms with Gasteiger partial charge in [0.2, 0.25) is 5.91 Å². The van der Waals surface area contributed by atoms with Crippen molar-refractivity contribution in [2.24, 2.45) is 5.90 Å². The Morgan fingerprint density at radius 3 is 2.75 bits per heavy atom. The van der Waals surface area contributed by atoms with Crippen molar-refractivity contribution in [1.29, 1.82) is 0 Å². The molecule has 0 spiro atoms. The van der Waals surface area contributed by atoms with Gasteiger partial charge < -0.3 is 10.2 Å². The van der Waals surface area contributed by atoms with Crippen LogP contribution in [0, 0.1) is 0 Å². The van der Waals surface area contributed by atoms with E-state index in [9.17, 15) is 4.79 Å². The molecule has 16 heavy (non-hydrogen) atoms. The number of benzene rings is 1. The summed E-state index contributed by atoms with van der Waals surface area (Å²) in [6, 6.07) is 9.97. The molecular formula is C12H18N2O2. The normalized spacial score (nSPS) is 10.1. The van der Waals surface area contributed by atoms with Gasteiger partial charge in [-0.3, -0.25) is 4.79 Å². The molecular weight excluding hydrogens is 204 g/mol. The lowest BCUT2D eigenvalue weighted by Gasteiger charge is -2.04. The van der Waals surface area contributed by atoms with Crippen LogP contribution in [0.25, 0.3) is 0 Å². The second-order valence-electron chi connectivity index (χ2n) is 3.56. The number of carbonyl (C=O) groups excluding carboxylic acids is 1. The van der Waals surface area contributed by atoms with Crippen molar-refractivity contribution in [3.8, 4) is 0 Å². The molecule has 88 valence electrons. The predicted octanol–water partition coefficient (Wildman–Crippen LogP) is 1.02. The fourth-order valence-electron chi connectivity index (χ4n) is 1.37. The van der Waals surface area contributed by atoms with E-state index in [0.717, 1.165) is 12.8 Å². The van der Waals surface area contributed by atoms with Crippen LogP contribution in [0.2, 0.25) is 0 Å². The van der Waals surface area contributed by atoms with Gasteiger partial charge in [0, 0.05) is 13.0 Å². The number of hydrogen-bond acceptors (Lipinski definition) is 3. The van der Waals surface area contributed by atoms with Crippen molar-refractivity contribution in [2.45, 2.75) is 19.3 Å². The van der Waals surface area contributed by atoms with E-state index in [1.165, 1.54) is 5.56 Å². The largest absolute Gasteiger partial charge is 0.356 e. The van der Waals surface area contributed by atoms with Crippen LogP contribution in [0.15, 0.2) is 30.3 Å². The maximum absolute atomic E-state index is 11.4. The van der Waals surface area contributed by atoms with E-state index in [-0.39, 0.29) is 5.91 Å². The third-order valence-corrected chi connectivity index (χ3v) is 2.24. The van der Waals surface area contributed by atoms with Gasteiger partial charge in [-0.25, -0.2) is 5.90 Å². The van der Waals surface area contributed by atoms with Gasteiger partial charge in [-0.1, -0.05) is 30.3 Å². The highest BCUT2D eigenvalue weighted by atomic mass is 16.6. The Balaban J connectivity index is 2.11. The molecule has 4 heteroatoms. The zero-order valence-electron chi connectivity index (χ0n) is 9.32. The van der Waals surface area contributed by atoms with E-state index >= 15 is 0 Å². The van der Waals surface area contributed by atoms with Crippen molar-refractivity contribution < 1.29 is 9.63 Å². The summed E-state index contributed by atoms with van der Waals surface area (Å²) in [5, 5.41) is 2.81. The third-order valence-electron chi connectivity index (χ3n) is 2.24. The first kappa shape index (κ1) is 12.7. The Bertz CT molecular complexity index is 301. The van der Waals surface area contributed by atoms with Gasteiger partial charge in [-0.15, -0.1) is 0 Å². The van der Waals surface area contributed by atoms with Gasteiger partial charge in [0.25, 0.3) is 0 Å². The van der Waals surface area contributed by atoms with E-state index in [1.54, 1.807) is 0 Å². The van der Waals surface area contributed by atoms with E-state index < -0.39 is 0 Å². The molecule has 0 aliphatic carbocycles. The average Bonchev–Trinajstić information content (AvgIpc) is 2.33. The molecule has 0 fully saturated rings. The van der Waals surface area contributed by atoms with E-state index in [2.05, 4.69) is 10.2 Å². The molecule has 0 unspecified atom stereocenters. The SMILES string of the molecule is NOCCCNC(=O)CCc1ccccc1. The summed E-state index contributed by atoms with van der Waals surface area (Å²) in [5.74, 6) is 4.94. The van der Waals surface area contributed by atoms with Crippen LogP contribution in [0.3, 0.4) is 0 Å². The van der Waals surface area contributed by atoms with Gasteiger partial charge in [-0.05, 0) is 18.4 Å².